The van der Waals surface area contributed by atoms with Crippen molar-refractivity contribution in [2.45, 2.75) is 12.3 Å². The Hall–Kier alpha value is -3.94. The predicted molar refractivity (Wildman–Crippen MR) is 113 cm³/mol. The molecule has 162 valence electrons. The first-order chi connectivity index (χ1) is 15.3. The maximum Gasteiger partial charge on any atom is 0.429 e. The van der Waals surface area contributed by atoms with Crippen LogP contribution in [0, 0.1) is 5.82 Å². The van der Waals surface area contributed by atoms with Gasteiger partial charge in [0.15, 0.2) is 0 Å². The van der Waals surface area contributed by atoms with E-state index in [0.29, 0.717) is 22.4 Å². The molecule has 2 N–H and O–H groups in total. The highest BCUT2D eigenvalue weighted by atomic mass is 19.4. The lowest BCUT2D eigenvalue weighted by molar-refractivity contribution is -0.198. The van der Waals surface area contributed by atoms with Crippen LogP contribution >= 0.6 is 0 Å². The van der Waals surface area contributed by atoms with Crippen molar-refractivity contribution in [2.75, 3.05) is 5.73 Å². The minimum atomic E-state index is -4.72. The van der Waals surface area contributed by atoms with Gasteiger partial charge in [-0.3, -0.25) is 0 Å². The lowest BCUT2D eigenvalue weighted by atomic mass is 10.0. The zero-order chi connectivity index (χ0) is 22.7. The van der Waals surface area contributed by atoms with E-state index in [1.165, 1.54) is 48.5 Å². The largest absolute Gasteiger partial charge is 0.460 e. The summed E-state index contributed by atoms with van der Waals surface area (Å²) in [4.78, 5) is 7.89. The number of benzene rings is 3. The van der Waals surface area contributed by atoms with E-state index in [9.17, 15) is 17.6 Å². The summed E-state index contributed by atoms with van der Waals surface area (Å²) in [5.41, 5.74) is 7.71. The average Bonchev–Trinajstić information content (AvgIpc) is 2.77. The Morgan fingerprint density at radius 3 is 2.09 bits per heavy atom. The third-order valence-corrected chi connectivity index (χ3v) is 4.70. The van der Waals surface area contributed by atoms with Crippen molar-refractivity contribution in [2.24, 2.45) is 0 Å². The molecule has 0 bridgehead atoms. The number of halogens is 4. The van der Waals surface area contributed by atoms with Gasteiger partial charge in [-0.2, -0.15) is 18.2 Å². The Labute approximate surface area is 181 Å². The van der Waals surface area contributed by atoms with Crippen molar-refractivity contribution < 1.29 is 22.3 Å². The lowest BCUT2D eigenvalue weighted by Crippen LogP contribution is -2.26. The third kappa shape index (κ3) is 4.85. The SMILES string of the molecule is Nc1nc(OC(c2ccc(-c3cccc(F)c3)cc2)C(F)(F)F)cc(-c2ccccc2)n1. The minimum Gasteiger partial charge on any atom is -0.460 e. The molecule has 4 aromatic rings. The molecule has 0 fully saturated rings. The number of nitrogens with zero attached hydrogens (tertiary/aromatic N) is 2. The summed E-state index contributed by atoms with van der Waals surface area (Å²) in [7, 11) is 0. The molecule has 1 unspecified atom stereocenters. The molecule has 3 aromatic carbocycles. The Balaban J connectivity index is 1.65. The van der Waals surface area contributed by atoms with Gasteiger partial charge in [-0.1, -0.05) is 66.7 Å². The van der Waals surface area contributed by atoms with Crippen molar-refractivity contribution >= 4 is 5.95 Å². The van der Waals surface area contributed by atoms with Crippen LogP contribution in [0.25, 0.3) is 22.4 Å². The van der Waals surface area contributed by atoms with E-state index >= 15 is 0 Å². The zero-order valence-electron chi connectivity index (χ0n) is 16.6. The summed E-state index contributed by atoms with van der Waals surface area (Å²) in [6.45, 7) is 0. The van der Waals surface area contributed by atoms with Crippen molar-refractivity contribution in [3.63, 3.8) is 0 Å². The molecule has 8 heteroatoms. The van der Waals surface area contributed by atoms with Crippen LogP contribution in [0.5, 0.6) is 5.88 Å². The molecule has 0 amide bonds. The van der Waals surface area contributed by atoms with Crippen molar-refractivity contribution in [1.82, 2.24) is 9.97 Å². The van der Waals surface area contributed by atoms with Crippen LogP contribution in [0.15, 0.2) is 84.9 Å². The first-order valence-electron chi connectivity index (χ1n) is 9.59. The number of hydrogen-bond acceptors (Lipinski definition) is 4. The first-order valence-corrected chi connectivity index (χ1v) is 9.59. The average molecular weight is 439 g/mol. The number of hydrogen-bond donors (Lipinski definition) is 1. The van der Waals surface area contributed by atoms with Gasteiger partial charge in [-0.05, 0) is 23.3 Å². The molecule has 4 rings (SSSR count). The van der Waals surface area contributed by atoms with E-state index in [2.05, 4.69) is 9.97 Å². The normalized spacial score (nSPS) is 12.4. The number of rotatable bonds is 5. The molecule has 0 saturated carbocycles. The number of anilines is 1. The molecule has 0 spiro atoms. The number of ether oxygens (including phenoxy) is 1. The van der Waals surface area contributed by atoms with Crippen LogP contribution in [0.1, 0.15) is 11.7 Å². The second-order valence-electron chi connectivity index (χ2n) is 6.99. The van der Waals surface area contributed by atoms with Crippen LogP contribution < -0.4 is 10.5 Å². The predicted octanol–water partition coefficient (Wildman–Crippen LogP) is 6.21. The van der Waals surface area contributed by atoms with E-state index in [0.717, 1.165) is 0 Å². The molecule has 1 heterocycles. The van der Waals surface area contributed by atoms with Crippen LogP contribution in [0.4, 0.5) is 23.5 Å². The second kappa shape index (κ2) is 8.66. The van der Waals surface area contributed by atoms with Gasteiger partial charge in [-0.25, -0.2) is 9.37 Å². The maximum atomic E-state index is 13.8. The van der Waals surface area contributed by atoms with Gasteiger partial charge in [0, 0.05) is 17.2 Å². The summed E-state index contributed by atoms with van der Waals surface area (Å²) in [5.74, 6) is -0.935. The molecule has 1 aromatic heterocycles. The van der Waals surface area contributed by atoms with Crippen molar-refractivity contribution in [1.29, 1.82) is 0 Å². The van der Waals surface area contributed by atoms with E-state index in [1.54, 1.807) is 36.4 Å². The highest BCUT2D eigenvalue weighted by molar-refractivity contribution is 5.64. The van der Waals surface area contributed by atoms with Gasteiger partial charge < -0.3 is 10.5 Å². The van der Waals surface area contributed by atoms with Gasteiger partial charge in [0.1, 0.15) is 5.82 Å². The van der Waals surface area contributed by atoms with E-state index in [-0.39, 0.29) is 17.4 Å². The molecule has 1 atom stereocenters. The molecule has 0 saturated heterocycles. The number of nitrogens with two attached hydrogens (primary N) is 1. The minimum absolute atomic E-state index is 0.129. The molecule has 0 aliphatic rings. The zero-order valence-corrected chi connectivity index (χ0v) is 16.6. The van der Waals surface area contributed by atoms with E-state index < -0.39 is 18.1 Å². The molecular formula is C24H17F4N3O. The molecule has 32 heavy (non-hydrogen) atoms. The maximum absolute atomic E-state index is 13.8. The highest BCUT2D eigenvalue weighted by Crippen LogP contribution is 2.37. The standard InChI is InChI=1S/C24H17F4N3O/c25-19-8-4-7-18(13-19)15-9-11-17(12-10-15)22(24(26,27)28)32-21-14-20(30-23(29)31-21)16-5-2-1-3-6-16/h1-14,22H,(H2,29,30,31). The molecule has 0 radical (unpaired) electrons. The number of nitrogen functional groups attached to an aromatic ring is 1. The topological polar surface area (TPSA) is 61.0 Å². The summed E-state index contributed by atoms with van der Waals surface area (Å²) >= 11 is 0. The Kier molecular flexibility index (Phi) is 5.77. The van der Waals surface area contributed by atoms with Crippen LogP contribution in [0.2, 0.25) is 0 Å². The first kappa shape index (κ1) is 21.3. The highest BCUT2D eigenvalue weighted by Gasteiger charge is 2.43. The van der Waals surface area contributed by atoms with Crippen LogP contribution in [-0.2, 0) is 0 Å². The Morgan fingerprint density at radius 1 is 0.750 bits per heavy atom. The van der Waals surface area contributed by atoms with Crippen molar-refractivity contribution in [3.05, 3.63) is 96.3 Å². The molecule has 0 aliphatic heterocycles. The van der Waals surface area contributed by atoms with Gasteiger partial charge in [0.05, 0.1) is 5.69 Å². The number of aromatic nitrogens is 2. The van der Waals surface area contributed by atoms with Crippen LogP contribution in [-0.4, -0.2) is 16.1 Å². The molecular weight excluding hydrogens is 422 g/mol. The smallest absolute Gasteiger partial charge is 0.429 e. The van der Waals surface area contributed by atoms with Gasteiger partial charge >= 0.3 is 6.18 Å². The van der Waals surface area contributed by atoms with E-state index in [1.807, 2.05) is 0 Å². The van der Waals surface area contributed by atoms with E-state index in [4.69, 9.17) is 10.5 Å². The fourth-order valence-corrected chi connectivity index (χ4v) is 3.22. The number of alkyl halides is 3. The Bertz CT molecular complexity index is 1210. The van der Waals surface area contributed by atoms with Gasteiger partial charge in [0.2, 0.25) is 17.9 Å². The summed E-state index contributed by atoms with van der Waals surface area (Å²) in [6, 6.07) is 21.5. The Morgan fingerprint density at radius 2 is 1.44 bits per heavy atom. The summed E-state index contributed by atoms with van der Waals surface area (Å²) in [5, 5.41) is 0. The summed E-state index contributed by atoms with van der Waals surface area (Å²) < 4.78 is 60.2. The third-order valence-electron chi connectivity index (χ3n) is 4.70. The fraction of sp³-hybridized carbons (Fsp3) is 0.0833. The quantitative estimate of drug-likeness (QED) is 0.376. The molecule has 0 aliphatic carbocycles. The lowest BCUT2D eigenvalue weighted by Gasteiger charge is -2.22. The fourth-order valence-electron chi connectivity index (χ4n) is 3.22. The van der Waals surface area contributed by atoms with Crippen LogP contribution in [0.3, 0.4) is 0 Å². The monoisotopic (exact) mass is 439 g/mol. The van der Waals surface area contributed by atoms with Gasteiger partial charge in [-0.15, -0.1) is 0 Å². The summed E-state index contributed by atoms with van der Waals surface area (Å²) in [6.07, 6.45) is -6.99. The van der Waals surface area contributed by atoms with Gasteiger partial charge in [0.25, 0.3) is 0 Å². The molecule has 4 nitrogen and oxygen atoms in total. The second-order valence-corrected chi connectivity index (χ2v) is 6.99. The van der Waals surface area contributed by atoms with Crippen molar-refractivity contribution in [3.8, 4) is 28.3 Å².